The van der Waals surface area contributed by atoms with Gasteiger partial charge in [0, 0.05) is 11.6 Å². The minimum Gasteiger partial charge on any atom is -0.497 e. The molecule has 1 aliphatic rings. The smallest absolute Gasteiger partial charge is 0.230 e. The number of aromatic nitrogens is 3. The van der Waals surface area contributed by atoms with Crippen LogP contribution in [0.4, 0.5) is 0 Å². The van der Waals surface area contributed by atoms with Crippen LogP contribution in [0.5, 0.6) is 11.5 Å². The average Bonchev–Trinajstić information content (AvgIpc) is 3.41. The lowest BCUT2D eigenvalue weighted by molar-refractivity contribution is -0.119. The van der Waals surface area contributed by atoms with Crippen molar-refractivity contribution in [1.29, 1.82) is 0 Å². The van der Waals surface area contributed by atoms with Gasteiger partial charge < -0.3 is 19.4 Å². The van der Waals surface area contributed by atoms with E-state index in [9.17, 15) is 4.79 Å². The van der Waals surface area contributed by atoms with Crippen LogP contribution in [0.3, 0.4) is 0 Å². The number of ether oxygens (including phenoxy) is 2. The molecule has 8 heteroatoms. The van der Waals surface area contributed by atoms with E-state index in [1.807, 2.05) is 32.0 Å². The van der Waals surface area contributed by atoms with Gasteiger partial charge in [0.1, 0.15) is 17.3 Å². The highest BCUT2D eigenvalue weighted by molar-refractivity contribution is 7.99. The summed E-state index contributed by atoms with van der Waals surface area (Å²) in [6.45, 7) is 3.88. The van der Waals surface area contributed by atoms with Gasteiger partial charge in [-0.1, -0.05) is 11.8 Å². The van der Waals surface area contributed by atoms with Crippen LogP contribution in [0.15, 0.2) is 23.4 Å². The van der Waals surface area contributed by atoms with E-state index in [1.54, 1.807) is 14.2 Å². The predicted molar refractivity (Wildman–Crippen MR) is 99.9 cm³/mol. The van der Waals surface area contributed by atoms with Gasteiger partial charge in [0.25, 0.3) is 0 Å². The van der Waals surface area contributed by atoms with Crippen molar-refractivity contribution in [2.45, 2.75) is 43.9 Å². The first-order valence-corrected chi connectivity index (χ1v) is 9.57. The van der Waals surface area contributed by atoms with Gasteiger partial charge in [-0.15, -0.1) is 10.2 Å². The minimum atomic E-state index is -0.198. The number of nitrogens with one attached hydrogen (secondary N) is 1. The molecule has 0 unspecified atom stereocenters. The summed E-state index contributed by atoms with van der Waals surface area (Å²) >= 11 is 1.42. The number of hydrogen-bond acceptors (Lipinski definition) is 6. The van der Waals surface area contributed by atoms with Crippen LogP contribution in [-0.4, -0.2) is 40.6 Å². The van der Waals surface area contributed by atoms with Gasteiger partial charge in [-0.25, -0.2) is 0 Å². The number of carbonyl (C=O) groups excluding carboxylic acids is 1. The summed E-state index contributed by atoms with van der Waals surface area (Å²) in [5, 5.41) is 12.2. The van der Waals surface area contributed by atoms with Crippen molar-refractivity contribution in [3.8, 4) is 11.5 Å². The van der Waals surface area contributed by atoms with Gasteiger partial charge in [0.05, 0.1) is 26.0 Å². The predicted octanol–water partition coefficient (Wildman–Crippen LogP) is 2.91. The van der Waals surface area contributed by atoms with Gasteiger partial charge in [-0.05, 0) is 44.9 Å². The number of nitrogens with zero attached hydrogens (tertiary/aromatic N) is 3. The number of carbonyl (C=O) groups is 1. The van der Waals surface area contributed by atoms with Crippen LogP contribution in [0, 0.1) is 6.92 Å². The molecule has 0 spiro atoms. The maximum Gasteiger partial charge on any atom is 0.230 e. The van der Waals surface area contributed by atoms with Crippen molar-refractivity contribution in [2.75, 3.05) is 20.0 Å². The first-order chi connectivity index (χ1) is 12.5. The molecule has 140 valence electrons. The largest absolute Gasteiger partial charge is 0.497 e. The summed E-state index contributed by atoms with van der Waals surface area (Å²) in [6, 6.07) is 5.85. The van der Waals surface area contributed by atoms with Crippen LogP contribution in [0.2, 0.25) is 0 Å². The highest BCUT2D eigenvalue weighted by Crippen LogP contribution is 2.38. The average molecular weight is 376 g/mol. The third-order valence-electron chi connectivity index (χ3n) is 4.36. The standard InChI is InChI=1S/C18H24N4O3S/c1-11(15-9-14(24-3)7-8-16(15)25-4)19-17(23)10-26-18-21-20-12(2)22(18)13-5-6-13/h7-9,11,13H,5-6,10H2,1-4H3,(H,19,23)/t11-/m0/s1. The Morgan fingerprint density at radius 2 is 2.12 bits per heavy atom. The molecule has 1 N–H and O–H groups in total. The molecule has 1 saturated carbocycles. The first kappa shape index (κ1) is 18.6. The monoisotopic (exact) mass is 376 g/mol. The Labute approximate surface area is 157 Å². The summed E-state index contributed by atoms with van der Waals surface area (Å²) in [6.07, 6.45) is 2.32. The summed E-state index contributed by atoms with van der Waals surface area (Å²) < 4.78 is 12.8. The highest BCUT2D eigenvalue weighted by atomic mass is 32.2. The molecule has 26 heavy (non-hydrogen) atoms. The van der Waals surface area contributed by atoms with Crippen molar-refractivity contribution in [1.82, 2.24) is 20.1 Å². The second-order valence-corrected chi connectivity index (χ2v) is 7.26. The Hall–Kier alpha value is -2.22. The Kier molecular flexibility index (Phi) is 5.70. The molecule has 1 aromatic carbocycles. The van der Waals surface area contributed by atoms with Crippen LogP contribution >= 0.6 is 11.8 Å². The zero-order valence-corrected chi connectivity index (χ0v) is 16.3. The molecule has 3 rings (SSSR count). The highest BCUT2D eigenvalue weighted by Gasteiger charge is 2.28. The van der Waals surface area contributed by atoms with E-state index in [4.69, 9.17) is 9.47 Å². The van der Waals surface area contributed by atoms with Gasteiger partial charge in [0.15, 0.2) is 5.16 Å². The SMILES string of the molecule is COc1ccc(OC)c([C@H](C)NC(=O)CSc2nnc(C)n2C2CC2)c1. The van der Waals surface area contributed by atoms with Crippen LogP contribution in [0.25, 0.3) is 0 Å². The molecule has 0 radical (unpaired) electrons. The lowest BCUT2D eigenvalue weighted by Crippen LogP contribution is -2.28. The number of thioether (sulfide) groups is 1. The van der Waals surface area contributed by atoms with Crippen LogP contribution in [-0.2, 0) is 4.79 Å². The van der Waals surface area contributed by atoms with Gasteiger partial charge in [-0.2, -0.15) is 0 Å². The Morgan fingerprint density at radius 3 is 2.77 bits per heavy atom. The second-order valence-electron chi connectivity index (χ2n) is 6.32. The van der Waals surface area contributed by atoms with E-state index in [0.717, 1.165) is 40.9 Å². The van der Waals surface area contributed by atoms with E-state index in [0.29, 0.717) is 11.8 Å². The fourth-order valence-corrected chi connectivity index (χ4v) is 3.73. The quantitative estimate of drug-likeness (QED) is 0.714. The first-order valence-electron chi connectivity index (χ1n) is 8.59. The third kappa shape index (κ3) is 4.12. The molecule has 0 aliphatic heterocycles. The van der Waals surface area contributed by atoms with Gasteiger partial charge >= 0.3 is 0 Å². The molecule has 1 fully saturated rings. The number of amides is 1. The molecule has 2 aromatic rings. The zero-order chi connectivity index (χ0) is 18.7. The molecule has 1 heterocycles. The Morgan fingerprint density at radius 1 is 1.35 bits per heavy atom. The molecule has 7 nitrogen and oxygen atoms in total. The Bertz CT molecular complexity index is 789. The fraction of sp³-hybridized carbons (Fsp3) is 0.500. The zero-order valence-electron chi connectivity index (χ0n) is 15.5. The topological polar surface area (TPSA) is 78.3 Å². The molecule has 0 bridgehead atoms. The number of aryl methyl sites for hydroxylation is 1. The van der Waals surface area contributed by atoms with E-state index < -0.39 is 0 Å². The second kappa shape index (κ2) is 7.99. The van der Waals surface area contributed by atoms with Crippen molar-refractivity contribution < 1.29 is 14.3 Å². The van der Waals surface area contributed by atoms with Gasteiger partial charge in [0.2, 0.25) is 5.91 Å². The van der Waals surface area contributed by atoms with E-state index in [-0.39, 0.29) is 11.9 Å². The summed E-state index contributed by atoms with van der Waals surface area (Å²) in [5.74, 6) is 2.58. The van der Waals surface area contributed by atoms with Crippen LogP contribution < -0.4 is 14.8 Å². The number of hydrogen-bond donors (Lipinski definition) is 1. The molecule has 1 aliphatic carbocycles. The van der Waals surface area contributed by atoms with Crippen LogP contribution in [0.1, 0.15) is 43.2 Å². The summed E-state index contributed by atoms with van der Waals surface area (Å²) in [5.41, 5.74) is 0.877. The fourth-order valence-electron chi connectivity index (χ4n) is 2.87. The molecular weight excluding hydrogens is 352 g/mol. The molecule has 1 aromatic heterocycles. The van der Waals surface area contributed by atoms with Gasteiger partial charge in [-0.3, -0.25) is 4.79 Å². The number of methoxy groups -OCH3 is 2. The van der Waals surface area contributed by atoms with Crippen molar-refractivity contribution in [3.05, 3.63) is 29.6 Å². The molecule has 1 amide bonds. The summed E-state index contributed by atoms with van der Waals surface area (Å²) in [4.78, 5) is 12.4. The van der Waals surface area contributed by atoms with Crippen molar-refractivity contribution in [3.63, 3.8) is 0 Å². The maximum atomic E-state index is 12.4. The van der Waals surface area contributed by atoms with E-state index in [2.05, 4.69) is 20.1 Å². The Balaban J connectivity index is 1.61. The molecule has 0 saturated heterocycles. The number of benzene rings is 1. The van der Waals surface area contributed by atoms with Crippen molar-refractivity contribution in [2.24, 2.45) is 0 Å². The van der Waals surface area contributed by atoms with Crippen molar-refractivity contribution >= 4 is 17.7 Å². The van der Waals surface area contributed by atoms with E-state index in [1.165, 1.54) is 11.8 Å². The normalized spacial score (nSPS) is 14.8. The summed E-state index contributed by atoms with van der Waals surface area (Å²) in [7, 11) is 3.23. The molecular formula is C18H24N4O3S. The van der Waals surface area contributed by atoms with E-state index >= 15 is 0 Å². The molecule has 1 atom stereocenters. The number of rotatable bonds is 8. The third-order valence-corrected chi connectivity index (χ3v) is 5.30. The minimum absolute atomic E-state index is 0.0598. The lowest BCUT2D eigenvalue weighted by atomic mass is 10.1. The lowest BCUT2D eigenvalue weighted by Gasteiger charge is -2.18. The maximum absolute atomic E-state index is 12.4.